The van der Waals surface area contributed by atoms with Crippen LogP contribution in [0.4, 0.5) is 0 Å². The van der Waals surface area contributed by atoms with Crippen molar-refractivity contribution in [2.45, 2.75) is 6.42 Å². The molecule has 1 N–H and O–H groups in total. The molecule has 3 aromatic rings. The third-order valence-corrected chi connectivity index (χ3v) is 4.74. The van der Waals surface area contributed by atoms with E-state index in [0.29, 0.717) is 51.8 Å². The number of furan rings is 1. The van der Waals surface area contributed by atoms with E-state index in [4.69, 9.17) is 37.1 Å². The van der Waals surface area contributed by atoms with Gasteiger partial charge in [0.05, 0.1) is 17.7 Å². The van der Waals surface area contributed by atoms with Gasteiger partial charge in [0.25, 0.3) is 0 Å². The molecule has 0 spiro atoms. The van der Waals surface area contributed by atoms with E-state index in [2.05, 4.69) is 10.5 Å². The Morgan fingerprint density at radius 1 is 1.03 bits per heavy atom. The van der Waals surface area contributed by atoms with Crippen molar-refractivity contribution in [1.82, 2.24) is 5.43 Å². The Hall–Kier alpha value is -2.96. The molecule has 0 unspecified atom stereocenters. The monoisotopic (exact) mass is 430 g/mol. The van der Waals surface area contributed by atoms with E-state index < -0.39 is 0 Å². The first-order chi connectivity index (χ1) is 14.1. The fraction of sp³-hybridized carbons (Fsp3) is 0.143. The lowest BCUT2D eigenvalue weighted by Gasteiger charge is -2.18. The summed E-state index contributed by atoms with van der Waals surface area (Å²) in [6.07, 6.45) is 1.58. The van der Waals surface area contributed by atoms with Crippen LogP contribution in [0, 0.1) is 0 Å². The number of halogens is 2. The van der Waals surface area contributed by atoms with Gasteiger partial charge in [0.15, 0.2) is 11.5 Å². The Kier molecular flexibility index (Phi) is 5.74. The normalized spacial score (nSPS) is 12.9. The van der Waals surface area contributed by atoms with Gasteiger partial charge in [-0.25, -0.2) is 5.43 Å². The van der Waals surface area contributed by atoms with Gasteiger partial charge in [0.1, 0.15) is 24.7 Å². The molecule has 6 nitrogen and oxygen atoms in total. The summed E-state index contributed by atoms with van der Waals surface area (Å²) in [5, 5.41) is 5.02. The standard InChI is InChI=1S/C21H16Cl2N2O4/c22-14-2-4-17(23)16(11-14)18-6-3-15(29-18)12-24-25-21(26)10-13-1-5-19-20(9-13)28-8-7-27-19/h1-6,9,11-12H,7-8,10H2,(H,25,26)/b24-12-. The van der Waals surface area contributed by atoms with Gasteiger partial charge >= 0.3 is 0 Å². The van der Waals surface area contributed by atoms with Crippen LogP contribution in [0.25, 0.3) is 11.3 Å². The molecule has 0 saturated carbocycles. The molecule has 0 saturated heterocycles. The second-order valence-electron chi connectivity index (χ2n) is 6.27. The lowest BCUT2D eigenvalue weighted by atomic mass is 10.1. The number of rotatable bonds is 5. The molecule has 29 heavy (non-hydrogen) atoms. The number of amides is 1. The smallest absolute Gasteiger partial charge is 0.244 e. The van der Waals surface area contributed by atoms with Gasteiger partial charge in [-0.3, -0.25) is 4.79 Å². The Labute approximate surface area is 177 Å². The second-order valence-corrected chi connectivity index (χ2v) is 7.12. The molecule has 0 bridgehead atoms. The van der Waals surface area contributed by atoms with Crippen molar-refractivity contribution in [2.24, 2.45) is 5.10 Å². The predicted octanol–water partition coefficient (Wildman–Crippen LogP) is 4.72. The van der Waals surface area contributed by atoms with Gasteiger partial charge in [-0.1, -0.05) is 29.3 Å². The quantitative estimate of drug-likeness (QED) is 0.469. The SMILES string of the molecule is O=C(Cc1ccc2c(c1)OCCO2)N/N=C\c1ccc(-c2cc(Cl)ccc2Cl)o1. The predicted molar refractivity (Wildman–Crippen MR) is 111 cm³/mol. The Balaban J connectivity index is 1.36. The van der Waals surface area contributed by atoms with Crippen molar-refractivity contribution in [1.29, 1.82) is 0 Å². The second kappa shape index (κ2) is 8.59. The van der Waals surface area contributed by atoms with Crippen LogP contribution in [0.15, 0.2) is 58.0 Å². The molecule has 2 heterocycles. The van der Waals surface area contributed by atoms with Crippen LogP contribution in [0.2, 0.25) is 10.0 Å². The third-order valence-electron chi connectivity index (χ3n) is 4.17. The van der Waals surface area contributed by atoms with Crippen LogP contribution in [0.3, 0.4) is 0 Å². The van der Waals surface area contributed by atoms with E-state index >= 15 is 0 Å². The molecule has 0 radical (unpaired) electrons. The van der Waals surface area contributed by atoms with Crippen molar-refractivity contribution in [3.63, 3.8) is 0 Å². The molecule has 2 aromatic carbocycles. The highest BCUT2D eigenvalue weighted by Crippen LogP contribution is 2.32. The summed E-state index contributed by atoms with van der Waals surface area (Å²) in [6.45, 7) is 1.03. The molecular weight excluding hydrogens is 415 g/mol. The minimum absolute atomic E-state index is 0.162. The van der Waals surface area contributed by atoms with Gasteiger partial charge in [-0.05, 0) is 48.0 Å². The lowest BCUT2D eigenvalue weighted by Crippen LogP contribution is -2.20. The van der Waals surface area contributed by atoms with Crippen LogP contribution in [-0.2, 0) is 11.2 Å². The first kappa shape index (κ1) is 19.4. The average molecular weight is 431 g/mol. The molecule has 1 aliphatic rings. The largest absolute Gasteiger partial charge is 0.486 e. The topological polar surface area (TPSA) is 73.1 Å². The summed E-state index contributed by atoms with van der Waals surface area (Å²) in [5.41, 5.74) is 3.97. The minimum Gasteiger partial charge on any atom is -0.486 e. The van der Waals surface area contributed by atoms with Crippen molar-refractivity contribution in [3.8, 4) is 22.8 Å². The fourth-order valence-electron chi connectivity index (χ4n) is 2.84. The molecule has 0 fully saturated rings. The zero-order valence-electron chi connectivity index (χ0n) is 15.2. The molecule has 8 heteroatoms. The van der Waals surface area contributed by atoms with Crippen LogP contribution in [-0.4, -0.2) is 25.3 Å². The van der Waals surface area contributed by atoms with Crippen LogP contribution in [0.1, 0.15) is 11.3 Å². The highest BCUT2D eigenvalue weighted by Gasteiger charge is 2.13. The molecule has 1 aromatic heterocycles. The molecule has 0 atom stereocenters. The fourth-order valence-corrected chi connectivity index (χ4v) is 3.23. The van der Waals surface area contributed by atoms with Crippen molar-refractivity contribution in [2.75, 3.05) is 13.2 Å². The Morgan fingerprint density at radius 3 is 2.72 bits per heavy atom. The van der Waals surface area contributed by atoms with E-state index in [-0.39, 0.29) is 12.3 Å². The van der Waals surface area contributed by atoms with Crippen molar-refractivity contribution < 1.29 is 18.7 Å². The number of benzene rings is 2. The van der Waals surface area contributed by atoms with E-state index in [0.717, 1.165) is 5.56 Å². The maximum Gasteiger partial charge on any atom is 0.244 e. The Bertz CT molecular complexity index is 1080. The number of nitrogens with zero attached hydrogens (tertiary/aromatic N) is 1. The first-order valence-corrected chi connectivity index (χ1v) is 9.60. The Morgan fingerprint density at radius 2 is 1.86 bits per heavy atom. The number of fused-ring (bicyclic) bond motifs is 1. The average Bonchev–Trinajstić information content (AvgIpc) is 3.18. The summed E-state index contributed by atoms with van der Waals surface area (Å²) >= 11 is 12.2. The van der Waals surface area contributed by atoms with Gasteiger partial charge in [-0.2, -0.15) is 5.10 Å². The van der Waals surface area contributed by atoms with Gasteiger partial charge in [-0.15, -0.1) is 0 Å². The van der Waals surface area contributed by atoms with E-state index in [1.165, 1.54) is 6.21 Å². The number of hydrogen-bond acceptors (Lipinski definition) is 5. The maximum absolute atomic E-state index is 12.1. The van der Waals surface area contributed by atoms with Gasteiger partial charge in [0.2, 0.25) is 5.91 Å². The summed E-state index contributed by atoms with van der Waals surface area (Å²) in [5.74, 6) is 2.10. The highest BCUT2D eigenvalue weighted by molar-refractivity contribution is 6.35. The summed E-state index contributed by atoms with van der Waals surface area (Å²) in [4.78, 5) is 12.1. The van der Waals surface area contributed by atoms with Gasteiger partial charge in [0, 0.05) is 10.6 Å². The lowest BCUT2D eigenvalue weighted by molar-refractivity contribution is -0.120. The van der Waals surface area contributed by atoms with Crippen molar-refractivity contribution >= 4 is 35.3 Å². The first-order valence-electron chi connectivity index (χ1n) is 8.84. The molecular formula is C21H16Cl2N2O4. The molecule has 148 valence electrons. The van der Waals surface area contributed by atoms with Crippen molar-refractivity contribution in [3.05, 3.63) is 69.9 Å². The van der Waals surface area contributed by atoms with Crippen LogP contribution >= 0.6 is 23.2 Å². The summed E-state index contributed by atoms with van der Waals surface area (Å²) < 4.78 is 16.7. The summed E-state index contributed by atoms with van der Waals surface area (Å²) in [6, 6.07) is 14.0. The number of ether oxygens (including phenoxy) is 2. The van der Waals surface area contributed by atoms with Crippen LogP contribution < -0.4 is 14.9 Å². The third kappa shape index (κ3) is 4.72. The molecule has 4 rings (SSSR count). The molecule has 1 aliphatic heterocycles. The summed E-state index contributed by atoms with van der Waals surface area (Å²) in [7, 11) is 0. The van der Waals surface area contributed by atoms with Gasteiger partial charge < -0.3 is 13.9 Å². The zero-order valence-corrected chi connectivity index (χ0v) is 16.7. The number of carbonyl (C=O) groups excluding carboxylic acids is 1. The minimum atomic E-state index is -0.261. The van der Waals surface area contributed by atoms with Crippen LogP contribution in [0.5, 0.6) is 11.5 Å². The van der Waals surface area contributed by atoms with E-state index in [1.807, 2.05) is 6.07 Å². The van der Waals surface area contributed by atoms with E-state index in [1.54, 1.807) is 42.5 Å². The maximum atomic E-state index is 12.1. The molecule has 0 aliphatic carbocycles. The number of carbonyl (C=O) groups is 1. The number of hydrogen-bond donors (Lipinski definition) is 1. The highest BCUT2D eigenvalue weighted by atomic mass is 35.5. The number of hydrazone groups is 1. The van der Waals surface area contributed by atoms with E-state index in [9.17, 15) is 4.79 Å². The zero-order chi connectivity index (χ0) is 20.2. The number of nitrogens with one attached hydrogen (secondary N) is 1. The molecule has 1 amide bonds.